The van der Waals surface area contributed by atoms with Crippen LogP contribution in [-0.4, -0.2) is 19.0 Å². The fraction of sp³-hybridized carbons (Fsp3) is 0.278. The van der Waals surface area contributed by atoms with E-state index < -0.39 is 23.5 Å². The minimum Gasteiger partial charge on any atom is -0.369 e. The van der Waals surface area contributed by atoms with Gasteiger partial charge in [-0.2, -0.15) is 13.2 Å². The smallest absolute Gasteiger partial charge is 0.369 e. The van der Waals surface area contributed by atoms with Gasteiger partial charge in [0.15, 0.2) is 0 Å². The molecule has 0 unspecified atom stereocenters. The Labute approximate surface area is 142 Å². The summed E-state index contributed by atoms with van der Waals surface area (Å²) >= 11 is 0. The van der Waals surface area contributed by atoms with Crippen LogP contribution in [0.4, 0.5) is 28.9 Å². The van der Waals surface area contributed by atoms with Crippen molar-refractivity contribution >= 4 is 17.3 Å². The van der Waals surface area contributed by atoms with Crippen molar-refractivity contribution in [1.82, 2.24) is 0 Å². The Morgan fingerprint density at radius 1 is 1.00 bits per heavy atom. The summed E-state index contributed by atoms with van der Waals surface area (Å²) in [7, 11) is 0. The van der Waals surface area contributed by atoms with Crippen LogP contribution >= 0.6 is 0 Å². The fourth-order valence-corrected chi connectivity index (χ4v) is 2.81. The van der Waals surface area contributed by atoms with E-state index in [1.807, 2.05) is 4.90 Å². The SMILES string of the molecule is O=C(Nc1ccc(N2CCCC2)c(F)c1)c1ccc(C(F)(F)F)cc1. The lowest BCUT2D eigenvalue weighted by atomic mass is 10.1. The topological polar surface area (TPSA) is 32.3 Å². The van der Waals surface area contributed by atoms with E-state index in [-0.39, 0.29) is 11.3 Å². The average Bonchev–Trinajstić information content (AvgIpc) is 3.08. The normalized spacial score (nSPS) is 14.6. The first-order valence-electron chi connectivity index (χ1n) is 7.88. The van der Waals surface area contributed by atoms with E-state index >= 15 is 0 Å². The third-order valence-electron chi connectivity index (χ3n) is 4.13. The molecule has 1 heterocycles. The first-order valence-corrected chi connectivity index (χ1v) is 7.88. The van der Waals surface area contributed by atoms with Crippen molar-refractivity contribution in [2.24, 2.45) is 0 Å². The van der Waals surface area contributed by atoms with E-state index in [1.165, 1.54) is 6.07 Å². The summed E-state index contributed by atoms with van der Waals surface area (Å²) in [5.41, 5.74) is -0.0162. The first kappa shape index (κ1) is 17.3. The highest BCUT2D eigenvalue weighted by Gasteiger charge is 2.30. The van der Waals surface area contributed by atoms with Gasteiger partial charge in [-0.3, -0.25) is 4.79 Å². The summed E-state index contributed by atoms with van der Waals surface area (Å²) in [5.74, 6) is -1.03. The summed E-state index contributed by atoms with van der Waals surface area (Å²) in [6.45, 7) is 1.60. The summed E-state index contributed by atoms with van der Waals surface area (Å²) < 4.78 is 51.8. The lowest BCUT2D eigenvalue weighted by molar-refractivity contribution is -0.137. The average molecular weight is 352 g/mol. The molecule has 2 aromatic rings. The van der Waals surface area contributed by atoms with Crippen LogP contribution in [0.5, 0.6) is 0 Å². The summed E-state index contributed by atoms with van der Waals surface area (Å²) in [5, 5.41) is 2.50. The van der Waals surface area contributed by atoms with Crippen molar-refractivity contribution < 1.29 is 22.4 Å². The highest BCUT2D eigenvalue weighted by Crippen LogP contribution is 2.29. The number of rotatable bonds is 3. The van der Waals surface area contributed by atoms with E-state index in [2.05, 4.69) is 5.32 Å². The van der Waals surface area contributed by atoms with Crippen molar-refractivity contribution in [2.45, 2.75) is 19.0 Å². The number of carbonyl (C=O) groups excluding carboxylic acids is 1. The number of anilines is 2. The molecule has 1 aliphatic rings. The Hall–Kier alpha value is -2.57. The van der Waals surface area contributed by atoms with Gasteiger partial charge in [0, 0.05) is 24.3 Å². The quantitative estimate of drug-likeness (QED) is 0.813. The molecule has 25 heavy (non-hydrogen) atoms. The fourth-order valence-electron chi connectivity index (χ4n) is 2.81. The zero-order valence-corrected chi connectivity index (χ0v) is 13.2. The minimum atomic E-state index is -4.45. The number of benzene rings is 2. The molecule has 7 heteroatoms. The number of halogens is 4. The number of hydrogen-bond acceptors (Lipinski definition) is 2. The third kappa shape index (κ3) is 3.92. The second-order valence-electron chi connectivity index (χ2n) is 5.89. The minimum absolute atomic E-state index is 0.0667. The zero-order chi connectivity index (χ0) is 18.0. The van der Waals surface area contributed by atoms with Gasteiger partial charge in [0.1, 0.15) is 5.82 Å². The van der Waals surface area contributed by atoms with Gasteiger partial charge in [0.25, 0.3) is 5.91 Å². The Morgan fingerprint density at radius 2 is 1.64 bits per heavy atom. The Bertz CT molecular complexity index is 766. The lowest BCUT2D eigenvalue weighted by Crippen LogP contribution is -2.19. The molecular formula is C18H16F4N2O. The molecule has 132 valence electrons. The van der Waals surface area contributed by atoms with Crippen molar-refractivity contribution in [3.8, 4) is 0 Å². The molecular weight excluding hydrogens is 336 g/mol. The van der Waals surface area contributed by atoms with Gasteiger partial charge in [-0.05, 0) is 55.3 Å². The monoisotopic (exact) mass is 352 g/mol. The van der Waals surface area contributed by atoms with Crippen molar-refractivity contribution in [3.05, 3.63) is 59.4 Å². The molecule has 1 N–H and O–H groups in total. The number of nitrogens with one attached hydrogen (secondary N) is 1. The van der Waals surface area contributed by atoms with Crippen LogP contribution in [0.3, 0.4) is 0 Å². The highest BCUT2D eigenvalue weighted by molar-refractivity contribution is 6.04. The van der Waals surface area contributed by atoms with Crippen LogP contribution in [0.15, 0.2) is 42.5 Å². The van der Waals surface area contributed by atoms with Crippen molar-refractivity contribution in [3.63, 3.8) is 0 Å². The predicted molar refractivity (Wildman–Crippen MR) is 87.2 cm³/mol. The van der Waals surface area contributed by atoms with E-state index in [0.29, 0.717) is 5.69 Å². The van der Waals surface area contributed by atoms with Gasteiger partial charge in [-0.15, -0.1) is 0 Å². The van der Waals surface area contributed by atoms with Crippen LogP contribution in [0.2, 0.25) is 0 Å². The summed E-state index contributed by atoms with van der Waals surface area (Å²) in [4.78, 5) is 14.0. The maximum Gasteiger partial charge on any atom is 0.416 e. The molecule has 0 spiro atoms. The Morgan fingerprint density at radius 3 is 2.20 bits per heavy atom. The molecule has 0 bridgehead atoms. The molecule has 0 aromatic heterocycles. The van der Waals surface area contributed by atoms with Crippen LogP contribution in [0, 0.1) is 5.82 Å². The summed E-state index contributed by atoms with van der Waals surface area (Å²) in [6, 6.07) is 8.26. The molecule has 1 amide bonds. The molecule has 1 saturated heterocycles. The molecule has 0 radical (unpaired) electrons. The van der Waals surface area contributed by atoms with Crippen LogP contribution in [-0.2, 0) is 6.18 Å². The van der Waals surface area contributed by atoms with E-state index in [4.69, 9.17) is 0 Å². The number of nitrogens with zero attached hydrogens (tertiary/aromatic N) is 1. The highest BCUT2D eigenvalue weighted by atomic mass is 19.4. The van der Waals surface area contributed by atoms with E-state index in [0.717, 1.165) is 50.2 Å². The van der Waals surface area contributed by atoms with Gasteiger partial charge >= 0.3 is 6.18 Å². The van der Waals surface area contributed by atoms with Gasteiger partial charge in [0.2, 0.25) is 0 Å². The molecule has 0 saturated carbocycles. The summed E-state index contributed by atoms with van der Waals surface area (Å²) in [6.07, 6.45) is -2.42. The molecule has 0 atom stereocenters. The predicted octanol–water partition coefficient (Wildman–Crippen LogP) is 4.70. The molecule has 1 aliphatic heterocycles. The van der Waals surface area contributed by atoms with Gasteiger partial charge in [0.05, 0.1) is 11.3 Å². The molecule has 0 aliphatic carbocycles. The number of hydrogen-bond donors (Lipinski definition) is 1. The molecule has 3 rings (SSSR count). The molecule has 3 nitrogen and oxygen atoms in total. The number of alkyl halides is 3. The number of carbonyl (C=O) groups is 1. The van der Waals surface area contributed by atoms with Crippen molar-refractivity contribution in [1.29, 1.82) is 0 Å². The van der Waals surface area contributed by atoms with Crippen LogP contribution in [0.25, 0.3) is 0 Å². The zero-order valence-electron chi connectivity index (χ0n) is 13.2. The van der Waals surface area contributed by atoms with E-state index in [1.54, 1.807) is 12.1 Å². The molecule has 2 aromatic carbocycles. The second kappa shape index (κ2) is 6.74. The maximum atomic E-state index is 14.2. The van der Waals surface area contributed by atoms with Crippen LogP contribution in [0.1, 0.15) is 28.8 Å². The van der Waals surface area contributed by atoms with Gasteiger partial charge in [-0.1, -0.05) is 0 Å². The van der Waals surface area contributed by atoms with Gasteiger partial charge < -0.3 is 10.2 Å². The third-order valence-corrected chi connectivity index (χ3v) is 4.13. The largest absolute Gasteiger partial charge is 0.416 e. The first-order chi connectivity index (χ1) is 11.8. The van der Waals surface area contributed by atoms with Crippen molar-refractivity contribution in [2.75, 3.05) is 23.3 Å². The van der Waals surface area contributed by atoms with Gasteiger partial charge in [-0.25, -0.2) is 4.39 Å². The maximum absolute atomic E-state index is 14.2. The second-order valence-corrected chi connectivity index (χ2v) is 5.89. The standard InChI is InChI=1S/C18H16F4N2O/c19-15-11-14(7-8-16(15)24-9-1-2-10-24)23-17(25)12-3-5-13(6-4-12)18(20,21)22/h3-8,11H,1-2,9-10H2,(H,23,25). The Balaban J connectivity index is 1.71. The Kier molecular flexibility index (Phi) is 4.65. The van der Waals surface area contributed by atoms with E-state index in [9.17, 15) is 22.4 Å². The van der Waals surface area contributed by atoms with Crippen LogP contribution < -0.4 is 10.2 Å². The molecule has 1 fully saturated rings. The number of amides is 1. The lowest BCUT2D eigenvalue weighted by Gasteiger charge is -2.18.